The summed E-state index contributed by atoms with van der Waals surface area (Å²) in [7, 11) is 0. The zero-order chi connectivity index (χ0) is 6.91. The molecular weight excluding hydrogens is 166 g/mol. The summed E-state index contributed by atoms with van der Waals surface area (Å²) in [4.78, 5) is 0. The predicted molar refractivity (Wildman–Crippen MR) is 44.1 cm³/mol. The molecule has 0 fully saturated rings. The quantitative estimate of drug-likeness (QED) is 0.542. The number of hydrogen-bond acceptors (Lipinski definition) is 0. The van der Waals surface area contributed by atoms with Gasteiger partial charge in [-0.2, -0.15) is 0 Å². The van der Waals surface area contributed by atoms with Crippen molar-refractivity contribution >= 4 is 16.2 Å². The Morgan fingerprint density at radius 1 is 1.11 bits per heavy atom. The maximum atomic E-state index is 2.44. The second-order valence-electron chi connectivity index (χ2n) is 3.24. The van der Waals surface area contributed by atoms with Crippen LogP contribution in [0.1, 0.15) is 6.92 Å². The summed E-state index contributed by atoms with van der Waals surface area (Å²) in [6, 6.07) is 0. The van der Waals surface area contributed by atoms with Gasteiger partial charge in [-0.05, 0) is 0 Å². The van der Waals surface area contributed by atoms with Crippen molar-refractivity contribution in [1.82, 2.24) is 0 Å². The molecule has 0 atom stereocenters. The van der Waals surface area contributed by atoms with E-state index >= 15 is 0 Å². The Labute approximate surface area is 62.7 Å². The molecule has 0 bridgehead atoms. The summed E-state index contributed by atoms with van der Waals surface area (Å²) in [6.45, 7) is 2.34. The average molecular weight is 179 g/mol. The molecule has 0 aliphatic heterocycles. The van der Waals surface area contributed by atoms with Crippen molar-refractivity contribution in [3.8, 4) is 0 Å². The van der Waals surface area contributed by atoms with Crippen LogP contribution in [0.5, 0.6) is 0 Å². The van der Waals surface area contributed by atoms with Gasteiger partial charge < -0.3 is 0 Å². The first kappa shape index (κ1) is 7.23. The van der Waals surface area contributed by atoms with Gasteiger partial charge in [0.1, 0.15) is 0 Å². The van der Waals surface area contributed by atoms with E-state index in [1.807, 2.05) is 0 Å². The van der Waals surface area contributed by atoms with Gasteiger partial charge in [-0.3, -0.25) is 0 Å². The molecule has 0 heterocycles. The van der Waals surface area contributed by atoms with E-state index in [1.165, 1.54) is 0 Å². The van der Waals surface area contributed by atoms with Crippen LogP contribution in [-0.4, -0.2) is 16.2 Å². The first-order valence-corrected chi connectivity index (χ1v) is 9.58. The van der Waals surface area contributed by atoms with E-state index in [9.17, 15) is 0 Å². The zero-order valence-corrected chi connectivity index (χ0v) is 8.81. The predicted octanol–water partition coefficient (Wildman–Crippen LogP) is 2.63. The summed E-state index contributed by atoms with van der Waals surface area (Å²) in [5.41, 5.74) is 4.88. The standard InChI is InChI=1S/C6H7.2CH3.Ga/c1-6-4-2-3-5-6;;;/h2-5H,1H3;2*1H3;. The molecule has 1 aliphatic carbocycles. The van der Waals surface area contributed by atoms with E-state index in [-0.39, 0.29) is 0 Å². The molecule has 0 saturated heterocycles. The van der Waals surface area contributed by atoms with Crippen LogP contribution in [0, 0.1) is 0 Å². The third-order valence-electron chi connectivity index (χ3n) is 2.27. The van der Waals surface area contributed by atoms with Gasteiger partial charge in [-0.1, -0.05) is 0 Å². The van der Waals surface area contributed by atoms with Crippen LogP contribution in [-0.2, 0) is 0 Å². The number of rotatable bonds is 1. The molecule has 1 aliphatic rings. The summed E-state index contributed by atoms with van der Waals surface area (Å²) in [5, 5.41) is 0. The van der Waals surface area contributed by atoms with Crippen molar-refractivity contribution in [2.45, 2.75) is 21.8 Å². The van der Waals surface area contributed by atoms with Crippen LogP contribution in [0.3, 0.4) is 0 Å². The summed E-state index contributed by atoms with van der Waals surface area (Å²) >= 11 is -0.941. The van der Waals surface area contributed by atoms with Gasteiger partial charge >= 0.3 is 62.4 Å². The zero-order valence-electron chi connectivity index (χ0n) is 6.39. The molecule has 0 aromatic carbocycles. The van der Waals surface area contributed by atoms with Crippen molar-refractivity contribution in [2.75, 3.05) is 0 Å². The van der Waals surface area contributed by atoms with Gasteiger partial charge in [0.25, 0.3) is 0 Å². The number of hydrogen-bond donors (Lipinski definition) is 0. The molecule has 1 rings (SSSR count). The van der Waals surface area contributed by atoms with E-state index in [4.69, 9.17) is 0 Å². The van der Waals surface area contributed by atoms with Gasteiger partial charge in [0.15, 0.2) is 0 Å². The van der Waals surface area contributed by atoms with E-state index in [0.717, 1.165) is 0 Å². The van der Waals surface area contributed by atoms with Gasteiger partial charge in [0.2, 0.25) is 0 Å². The minimum atomic E-state index is -0.941. The van der Waals surface area contributed by atoms with Crippen molar-refractivity contribution < 1.29 is 0 Å². The summed E-state index contributed by atoms with van der Waals surface area (Å²) in [6.07, 6.45) is 9.03. The van der Waals surface area contributed by atoms with E-state index in [1.54, 1.807) is 0 Å². The molecule has 0 spiro atoms. The fraction of sp³-hybridized carbons (Fsp3) is 0.500. The van der Waals surface area contributed by atoms with Gasteiger partial charge in [0, 0.05) is 0 Å². The third kappa shape index (κ3) is 1.33. The van der Waals surface area contributed by atoms with Gasteiger partial charge in [-0.15, -0.1) is 0 Å². The molecule has 0 radical (unpaired) electrons. The Balaban J connectivity index is 2.75. The molecule has 0 saturated carbocycles. The van der Waals surface area contributed by atoms with E-state index in [2.05, 4.69) is 42.2 Å². The Bertz CT molecular complexity index is 142. The molecule has 1 heteroatoms. The Morgan fingerprint density at radius 3 is 1.78 bits per heavy atom. The molecule has 48 valence electrons. The number of allylic oxidation sites excluding steroid dienone is 4. The topological polar surface area (TPSA) is 0 Å². The second-order valence-corrected chi connectivity index (χ2v) is 10.7. The van der Waals surface area contributed by atoms with Gasteiger partial charge in [-0.25, -0.2) is 0 Å². The first-order chi connectivity index (χ1) is 4.15. The van der Waals surface area contributed by atoms with Crippen molar-refractivity contribution in [1.29, 1.82) is 0 Å². The van der Waals surface area contributed by atoms with Crippen LogP contribution in [0.2, 0.25) is 14.9 Å². The summed E-state index contributed by atoms with van der Waals surface area (Å²) in [5.74, 6) is 0. The summed E-state index contributed by atoms with van der Waals surface area (Å²) < 4.78 is 0.521. The Morgan fingerprint density at radius 2 is 1.56 bits per heavy atom. The van der Waals surface area contributed by atoms with Crippen LogP contribution in [0.25, 0.3) is 0 Å². The average Bonchev–Trinajstić information content (AvgIpc) is 2.16. The second kappa shape index (κ2) is 2.39. The normalized spacial score (nSPS) is 20.8. The molecule has 0 aromatic heterocycles. The van der Waals surface area contributed by atoms with Crippen molar-refractivity contribution in [3.05, 3.63) is 24.3 Å². The maximum absolute atomic E-state index is 2.44. The molecule has 0 aromatic rings. The molecule has 0 amide bonds. The minimum absolute atomic E-state index is 0.521. The van der Waals surface area contributed by atoms with Crippen LogP contribution in [0.4, 0.5) is 0 Å². The SMILES string of the molecule is [CH3][Ga]([CH3])[C]1(C)C=CC=C1. The van der Waals surface area contributed by atoms with Crippen molar-refractivity contribution in [2.24, 2.45) is 0 Å². The monoisotopic (exact) mass is 178 g/mol. The fourth-order valence-corrected chi connectivity index (χ4v) is 3.05. The third-order valence-corrected chi connectivity index (χ3v) is 8.29. The van der Waals surface area contributed by atoms with E-state index in [0.29, 0.717) is 3.97 Å². The molecule has 0 N–H and O–H groups in total. The van der Waals surface area contributed by atoms with Crippen LogP contribution < -0.4 is 0 Å². The fourth-order valence-electron chi connectivity index (χ4n) is 0.966. The molecule has 9 heavy (non-hydrogen) atoms. The molecular formula is C8H13Ga. The van der Waals surface area contributed by atoms with E-state index < -0.39 is 16.2 Å². The van der Waals surface area contributed by atoms with Crippen molar-refractivity contribution in [3.63, 3.8) is 0 Å². The Kier molecular flexibility index (Phi) is 1.92. The van der Waals surface area contributed by atoms with Crippen LogP contribution >= 0.6 is 0 Å². The Hall–Kier alpha value is 0.116. The first-order valence-electron chi connectivity index (χ1n) is 3.52. The molecule has 0 unspecified atom stereocenters. The van der Waals surface area contributed by atoms with Gasteiger partial charge in [0.05, 0.1) is 0 Å². The molecule has 0 nitrogen and oxygen atoms in total. The van der Waals surface area contributed by atoms with Crippen LogP contribution in [0.15, 0.2) is 24.3 Å².